The number of alkyl halides is 3. The summed E-state index contributed by atoms with van der Waals surface area (Å²) in [5.74, 6) is -0.277. The third kappa shape index (κ3) is 7.10. The molecule has 1 unspecified atom stereocenters. The molecule has 5 rings (SSSR count). The molecule has 1 aliphatic heterocycles. The molecule has 0 aliphatic carbocycles. The van der Waals surface area contributed by atoms with E-state index in [-0.39, 0.29) is 28.6 Å². The molecular formula is C31H31ClF4N4O3SSi. The van der Waals surface area contributed by atoms with Crippen molar-refractivity contribution in [2.24, 2.45) is 0 Å². The Balaban J connectivity index is 1.52. The Morgan fingerprint density at radius 3 is 2.51 bits per heavy atom. The standard InChI is InChI=1S/C31H31ClF4N4O3SSi/c1-20(30-25(32)9-6-10-26(30)33)15-21-11-12-28-27(16-21)40(44(41,42)24-8-5-7-22(17-24)31(34,35)36)18-23(43-28)13-14-39-19-29(37-38-39)45(2,3)4/h5-12,15-17,19,23H,13-14,18H2,1-4H3. The van der Waals surface area contributed by atoms with Crippen LogP contribution in [-0.2, 0) is 22.7 Å². The second-order valence-corrected chi connectivity index (χ2v) is 19.1. The minimum atomic E-state index is -4.73. The van der Waals surface area contributed by atoms with Crippen LogP contribution in [0.4, 0.5) is 23.2 Å². The molecule has 0 fully saturated rings. The van der Waals surface area contributed by atoms with Gasteiger partial charge in [0, 0.05) is 24.7 Å². The summed E-state index contributed by atoms with van der Waals surface area (Å²) < 4.78 is 92.1. The van der Waals surface area contributed by atoms with Gasteiger partial charge in [0.05, 0.1) is 33.0 Å². The molecule has 0 amide bonds. The predicted molar refractivity (Wildman–Crippen MR) is 169 cm³/mol. The number of anilines is 1. The maximum Gasteiger partial charge on any atom is 0.416 e. The van der Waals surface area contributed by atoms with Crippen molar-refractivity contribution in [1.82, 2.24) is 15.0 Å². The van der Waals surface area contributed by atoms with Crippen molar-refractivity contribution in [3.63, 3.8) is 0 Å². The van der Waals surface area contributed by atoms with E-state index in [0.29, 0.717) is 30.2 Å². The van der Waals surface area contributed by atoms with Crippen LogP contribution >= 0.6 is 11.6 Å². The zero-order valence-electron chi connectivity index (χ0n) is 24.9. The summed E-state index contributed by atoms with van der Waals surface area (Å²) in [6, 6.07) is 12.8. The van der Waals surface area contributed by atoms with Crippen LogP contribution in [0.5, 0.6) is 5.75 Å². The van der Waals surface area contributed by atoms with Crippen LogP contribution in [0.25, 0.3) is 11.6 Å². The van der Waals surface area contributed by atoms with Gasteiger partial charge < -0.3 is 4.74 Å². The first-order chi connectivity index (χ1) is 21.0. The molecule has 238 valence electrons. The molecule has 1 aromatic heterocycles. The predicted octanol–water partition coefficient (Wildman–Crippen LogP) is 7.24. The van der Waals surface area contributed by atoms with E-state index in [2.05, 4.69) is 30.0 Å². The highest BCUT2D eigenvalue weighted by molar-refractivity contribution is 7.92. The summed E-state index contributed by atoms with van der Waals surface area (Å²) >= 11 is 6.24. The molecule has 0 N–H and O–H groups in total. The Hall–Kier alpha value is -3.68. The summed E-state index contributed by atoms with van der Waals surface area (Å²) in [5, 5.41) is 9.62. The van der Waals surface area contributed by atoms with Crippen LogP contribution in [-0.4, -0.2) is 44.1 Å². The van der Waals surface area contributed by atoms with Crippen molar-refractivity contribution in [2.45, 2.75) is 56.7 Å². The van der Waals surface area contributed by atoms with Crippen LogP contribution < -0.4 is 14.4 Å². The van der Waals surface area contributed by atoms with Gasteiger partial charge >= 0.3 is 6.18 Å². The highest BCUT2D eigenvalue weighted by Gasteiger charge is 2.37. The van der Waals surface area contributed by atoms with Crippen molar-refractivity contribution in [2.75, 3.05) is 10.8 Å². The quantitative estimate of drug-likeness (QED) is 0.112. The number of benzene rings is 3. The fourth-order valence-corrected chi connectivity index (χ4v) is 7.72. The summed E-state index contributed by atoms with van der Waals surface area (Å²) in [6.45, 7) is 8.34. The molecule has 0 radical (unpaired) electrons. The first kappa shape index (κ1) is 32.7. The number of allylic oxidation sites excluding steroid dienone is 1. The second kappa shape index (κ2) is 12.3. The molecule has 2 heterocycles. The van der Waals surface area contributed by atoms with E-state index in [1.807, 2.05) is 6.20 Å². The maximum absolute atomic E-state index is 14.6. The summed E-state index contributed by atoms with van der Waals surface area (Å²) in [6.07, 6.45) is -1.49. The number of aryl methyl sites for hydroxylation is 1. The average molecular weight is 679 g/mol. The van der Waals surface area contributed by atoms with E-state index in [0.717, 1.165) is 27.8 Å². The van der Waals surface area contributed by atoms with Gasteiger partial charge in [0.15, 0.2) is 0 Å². The molecule has 7 nitrogen and oxygen atoms in total. The van der Waals surface area contributed by atoms with Gasteiger partial charge in [-0.15, -0.1) is 5.10 Å². The fourth-order valence-electron chi connectivity index (χ4n) is 4.98. The summed E-state index contributed by atoms with van der Waals surface area (Å²) in [4.78, 5) is -0.504. The molecule has 0 saturated carbocycles. The lowest BCUT2D eigenvalue weighted by Crippen LogP contribution is -2.44. The maximum atomic E-state index is 14.6. The lowest BCUT2D eigenvalue weighted by Gasteiger charge is -2.36. The molecule has 1 aliphatic rings. The van der Waals surface area contributed by atoms with Gasteiger partial charge in [0.2, 0.25) is 0 Å². The van der Waals surface area contributed by atoms with Gasteiger partial charge in [-0.05, 0) is 60.5 Å². The molecule has 3 aromatic carbocycles. The number of hydrogen-bond acceptors (Lipinski definition) is 5. The number of hydrogen-bond donors (Lipinski definition) is 0. The lowest BCUT2D eigenvalue weighted by atomic mass is 10.0. The largest absolute Gasteiger partial charge is 0.486 e. The van der Waals surface area contributed by atoms with Gasteiger partial charge in [-0.25, -0.2) is 12.8 Å². The van der Waals surface area contributed by atoms with Crippen LogP contribution in [0, 0.1) is 5.82 Å². The van der Waals surface area contributed by atoms with Crippen molar-refractivity contribution in [3.8, 4) is 5.75 Å². The smallest absolute Gasteiger partial charge is 0.416 e. The first-order valence-electron chi connectivity index (χ1n) is 14.1. The first-order valence-corrected chi connectivity index (χ1v) is 19.4. The molecule has 4 aromatic rings. The molecule has 0 saturated heterocycles. The number of rotatable bonds is 8. The van der Waals surface area contributed by atoms with E-state index < -0.39 is 46.7 Å². The average Bonchev–Trinajstić information content (AvgIpc) is 3.45. The highest BCUT2D eigenvalue weighted by Crippen LogP contribution is 2.40. The van der Waals surface area contributed by atoms with Crippen molar-refractivity contribution in [3.05, 3.63) is 94.4 Å². The van der Waals surface area contributed by atoms with Gasteiger partial charge in [-0.1, -0.05) is 60.7 Å². The van der Waals surface area contributed by atoms with E-state index in [4.69, 9.17) is 16.3 Å². The number of halogens is 5. The Labute approximate surface area is 265 Å². The zero-order chi connectivity index (χ0) is 32.7. The van der Waals surface area contributed by atoms with E-state index in [1.165, 1.54) is 12.1 Å². The lowest BCUT2D eigenvalue weighted by molar-refractivity contribution is -0.137. The fraction of sp³-hybridized carbons (Fsp3) is 0.290. The zero-order valence-corrected chi connectivity index (χ0v) is 27.5. The van der Waals surface area contributed by atoms with Crippen LogP contribution in [0.15, 0.2) is 71.8 Å². The topological polar surface area (TPSA) is 77.3 Å². The van der Waals surface area contributed by atoms with Crippen LogP contribution in [0.2, 0.25) is 24.7 Å². The minimum Gasteiger partial charge on any atom is -0.486 e. The van der Waals surface area contributed by atoms with Crippen molar-refractivity contribution >= 4 is 52.4 Å². The number of ether oxygens (including phenoxy) is 1. The van der Waals surface area contributed by atoms with Gasteiger partial charge in [0.1, 0.15) is 25.7 Å². The molecule has 0 bridgehead atoms. The second-order valence-electron chi connectivity index (χ2n) is 11.9. The number of nitrogens with zero attached hydrogens (tertiary/aromatic N) is 4. The SMILES string of the molecule is CC(=Cc1ccc2c(c1)N(S(=O)(=O)c1cccc(C(F)(F)F)c1)CC(CCn1cc([Si](C)(C)C)nn1)O2)c1c(F)cccc1Cl. The van der Waals surface area contributed by atoms with Crippen molar-refractivity contribution < 1.29 is 30.7 Å². The van der Waals surface area contributed by atoms with Crippen LogP contribution in [0.1, 0.15) is 30.0 Å². The molecule has 0 spiro atoms. The number of aromatic nitrogens is 3. The van der Waals surface area contributed by atoms with Crippen LogP contribution in [0.3, 0.4) is 0 Å². The minimum absolute atomic E-state index is 0.145. The van der Waals surface area contributed by atoms with Gasteiger partial charge in [-0.2, -0.15) is 13.2 Å². The number of fused-ring (bicyclic) bond motifs is 1. The van der Waals surface area contributed by atoms with Gasteiger partial charge in [-0.3, -0.25) is 8.99 Å². The Morgan fingerprint density at radius 2 is 1.84 bits per heavy atom. The molecule has 45 heavy (non-hydrogen) atoms. The monoisotopic (exact) mass is 678 g/mol. The molecule has 1 atom stereocenters. The highest BCUT2D eigenvalue weighted by atomic mass is 35.5. The Morgan fingerprint density at radius 1 is 1.11 bits per heavy atom. The third-order valence-corrected chi connectivity index (χ3v) is 11.2. The normalized spacial score (nSPS) is 16.0. The molecule has 14 heteroatoms. The van der Waals surface area contributed by atoms with E-state index in [9.17, 15) is 26.0 Å². The Kier molecular flexibility index (Phi) is 8.90. The molecular weight excluding hydrogens is 648 g/mol. The third-order valence-electron chi connectivity index (χ3n) is 7.39. The van der Waals surface area contributed by atoms with E-state index >= 15 is 0 Å². The number of sulfonamides is 1. The Bertz CT molecular complexity index is 1850. The van der Waals surface area contributed by atoms with Gasteiger partial charge in [0.25, 0.3) is 10.0 Å². The summed E-state index contributed by atoms with van der Waals surface area (Å²) in [7, 11) is -6.17. The summed E-state index contributed by atoms with van der Waals surface area (Å²) in [5.41, 5.74) is 0.273. The van der Waals surface area contributed by atoms with E-state index in [1.54, 1.807) is 41.9 Å². The van der Waals surface area contributed by atoms with Crippen molar-refractivity contribution in [1.29, 1.82) is 0 Å².